The van der Waals surface area contributed by atoms with Crippen LogP contribution in [0, 0.1) is 20.2 Å². The van der Waals surface area contributed by atoms with Crippen LogP contribution in [-0.4, -0.2) is 34.2 Å². The second-order valence-corrected chi connectivity index (χ2v) is 5.39. The number of benzene rings is 2. The van der Waals surface area contributed by atoms with Gasteiger partial charge in [-0.25, -0.2) is 4.79 Å². The number of hydrogen-bond acceptors (Lipinski definition) is 9. The molecule has 0 spiro atoms. The lowest BCUT2D eigenvalue weighted by molar-refractivity contribution is -0.394. The van der Waals surface area contributed by atoms with Crippen LogP contribution in [0.5, 0.6) is 5.75 Å². The molecule has 0 aromatic heterocycles. The maximum absolute atomic E-state index is 12.0. The molecule has 0 atom stereocenters. The number of amidine groups is 1. The standard InChI is InChI=1S/C16H13N5O8/c17-14(22)8-28-13-3-1-9(2-4-13)15(18)19-29-16(23)10-5-11(20(24)25)7-12(6-10)21(26)27/h1-7H,8H2,(H2,17,22)(H2,18,19). The van der Waals surface area contributed by atoms with Gasteiger partial charge >= 0.3 is 5.97 Å². The van der Waals surface area contributed by atoms with Crippen molar-refractivity contribution in [2.45, 2.75) is 0 Å². The molecule has 150 valence electrons. The van der Waals surface area contributed by atoms with Crippen molar-refractivity contribution in [2.24, 2.45) is 16.6 Å². The van der Waals surface area contributed by atoms with Gasteiger partial charge in [0.05, 0.1) is 21.5 Å². The molecule has 0 fully saturated rings. The number of non-ortho nitro benzene ring substituents is 2. The predicted octanol–water partition coefficient (Wildman–Crippen LogP) is 0.844. The first-order valence-corrected chi connectivity index (χ1v) is 7.67. The highest BCUT2D eigenvalue weighted by Gasteiger charge is 2.21. The molecule has 29 heavy (non-hydrogen) atoms. The molecule has 0 aliphatic carbocycles. The first kappa shape index (κ1) is 20.8. The van der Waals surface area contributed by atoms with Crippen molar-refractivity contribution >= 4 is 29.1 Å². The van der Waals surface area contributed by atoms with E-state index in [1.807, 2.05) is 0 Å². The fourth-order valence-corrected chi connectivity index (χ4v) is 2.00. The summed E-state index contributed by atoms with van der Waals surface area (Å²) in [5.41, 5.74) is 9.22. The minimum absolute atomic E-state index is 0.222. The van der Waals surface area contributed by atoms with E-state index in [4.69, 9.17) is 16.2 Å². The van der Waals surface area contributed by atoms with E-state index in [0.717, 1.165) is 12.1 Å². The number of nitro benzene ring substituents is 2. The normalized spacial score (nSPS) is 10.8. The van der Waals surface area contributed by atoms with Gasteiger partial charge in [-0.2, -0.15) is 0 Å². The quantitative estimate of drug-likeness (QED) is 0.210. The van der Waals surface area contributed by atoms with Crippen LogP contribution in [0.2, 0.25) is 0 Å². The summed E-state index contributed by atoms with van der Waals surface area (Å²) in [6.07, 6.45) is 0. The number of ether oxygens (including phenoxy) is 1. The Morgan fingerprint density at radius 3 is 1.97 bits per heavy atom. The van der Waals surface area contributed by atoms with E-state index < -0.39 is 38.7 Å². The lowest BCUT2D eigenvalue weighted by Crippen LogP contribution is -2.20. The Hall–Kier alpha value is -4.55. The Balaban J connectivity index is 2.14. The largest absolute Gasteiger partial charge is 0.484 e. The van der Waals surface area contributed by atoms with Crippen molar-refractivity contribution in [1.82, 2.24) is 0 Å². The Kier molecular flexibility index (Phi) is 6.37. The number of nitrogens with zero attached hydrogens (tertiary/aromatic N) is 3. The lowest BCUT2D eigenvalue weighted by Gasteiger charge is -2.05. The third-order valence-electron chi connectivity index (χ3n) is 3.32. The number of hydrogen-bond donors (Lipinski definition) is 2. The van der Waals surface area contributed by atoms with Crippen molar-refractivity contribution in [3.05, 3.63) is 73.8 Å². The second kappa shape index (κ2) is 8.90. The van der Waals surface area contributed by atoms with Crippen LogP contribution in [0.3, 0.4) is 0 Å². The van der Waals surface area contributed by atoms with Crippen molar-refractivity contribution in [1.29, 1.82) is 0 Å². The number of carbonyl (C=O) groups excluding carboxylic acids is 2. The summed E-state index contributed by atoms with van der Waals surface area (Å²) in [6.45, 7) is -0.310. The van der Waals surface area contributed by atoms with Gasteiger partial charge in [0.1, 0.15) is 5.75 Å². The van der Waals surface area contributed by atoms with Crippen LogP contribution in [0.4, 0.5) is 11.4 Å². The SMILES string of the molecule is NC(=O)COc1ccc(/C(N)=N/OC(=O)c2cc([N+](=O)[O-])cc([N+](=O)[O-])c2)cc1. The fraction of sp³-hybridized carbons (Fsp3) is 0.0625. The summed E-state index contributed by atoms with van der Waals surface area (Å²) in [5, 5.41) is 25.1. The van der Waals surface area contributed by atoms with E-state index in [9.17, 15) is 29.8 Å². The van der Waals surface area contributed by atoms with Crippen molar-refractivity contribution in [2.75, 3.05) is 6.61 Å². The van der Waals surface area contributed by atoms with E-state index in [-0.39, 0.29) is 12.4 Å². The maximum Gasteiger partial charge on any atom is 0.366 e. The Morgan fingerprint density at radius 1 is 0.931 bits per heavy atom. The molecule has 0 unspecified atom stereocenters. The van der Waals surface area contributed by atoms with Gasteiger partial charge in [-0.3, -0.25) is 25.0 Å². The molecule has 13 heteroatoms. The predicted molar refractivity (Wildman–Crippen MR) is 97.0 cm³/mol. The van der Waals surface area contributed by atoms with Gasteiger partial charge in [0.15, 0.2) is 12.4 Å². The highest BCUT2D eigenvalue weighted by atomic mass is 16.7. The molecule has 2 aromatic carbocycles. The van der Waals surface area contributed by atoms with Gasteiger partial charge in [-0.05, 0) is 24.3 Å². The van der Waals surface area contributed by atoms with Crippen LogP contribution < -0.4 is 16.2 Å². The van der Waals surface area contributed by atoms with Gasteiger partial charge in [0.2, 0.25) is 0 Å². The Labute approximate surface area is 161 Å². The molecule has 2 aromatic rings. The van der Waals surface area contributed by atoms with Crippen LogP contribution in [-0.2, 0) is 9.63 Å². The highest BCUT2D eigenvalue weighted by Crippen LogP contribution is 2.23. The summed E-state index contributed by atoms with van der Waals surface area (Å²) in [6, 6.07) is 8.18. The van der Waals surface area contributed by atoms with Crippen LogP contribution >= 0.6 is 0 Å². The summed E-state index contributed by atoms with van der Waals surface area (Å²) in [4.78, 5) is 47.3. The van der Waals surface area contributed by atoms with Crippen LogP contribution in [0.15, 0.2) is 47.6 Å². The number of rotatable bonds is 8. The average molecular weight is 403 g/mol. The van der Waals surface area contributed by atoms with Gasteiger partial charge in [-0.15, -0.1) is 0 Å². The zero-order chi connectivity index (χ0) is 21.6. The van der Waals surface area contributed by atoms with Crippen LogP contribution in [0.1, 0.15) is 15.9 Å². The first-order valence-electron chi connectivity index (χ1n) is 7.67. The minimum Gasteiger partial charge on any atom is -0.484 e. The molecule has 0 radical (unpaired) electrons. The molecule has 0 aliphatic heterocycles. The number of amides is 1. The molecule has 1 amide bonds. The van der Waals surface area contributed by atoms with Gasteiger partial charge < -0.3 is 21.0 Å². The zero-order valence-corrected chi connectivity index (χ0v) is 14.5. The van der Waals surface area contributed by atoms with E-state index in [1.165, 1.54) is 24.3 Å². The first-order chi connectivity index (χ1) is 13.7. The van der Waals surface area contributed by atoms with Gasteiger partial charge in [0.25, 0.3) is 17.3 Å². The van der Waals surface area contributed by atoms with E-state index in [2.05, 4.69) is 9.99 Å². The molecule has 4 N–H and O–H groups in total. The van der Waals surface area contributed by atoms with Crippen LogP contribution in [0.25, 0.3) is 0 Å². The maximum atomic E-state index is 12.0. The van der Waals surface area contributed by atoms with Crippen molar-refractivity contribution in [3.63, 3.8) is 0 Å². The van der Waals surface area contributed by atoms with Gasteiger partial charge in [0, 0.05) is 17.7 Å². The summed E-state index contributed by atoms with van der Waals surface area (Å²) in [7, 11) is 0. The van der Waals surface area contributed by atoms with E-state index in [1.54, 1.807) is 0 Å². The molecule has 0 saturated carbocycles. The van der Waals surface area contributed by atoms with E-state index in [0.29, 0.717) is 17.4 Å². The third-order valence-corrected chi connectivity index (χ3v) is 3.32. The minimum atomic E-state index is -1.18. The Bertz CT molecular complexity index is 971. The molecule has 13 nitrogen and oxygen atoms in total. The number of nitrogens with two attached hydrogens (primary N) is 2. The number of oxime groups is 1. The van der Waals surface area contributed by atoms with E-state index >= 15 is 0 Å². The average Bonchev–Trinajstić information content (AvgIpc) is 2.70. The smallest absolute Gasteiger partial charge is 0.366 e. The number of nitro groups is 2. The van der Waals surface area contributed by atoms with Crippen molar-refractivity contribution in [3.8, 4) is 5.75 Å². The number of carbonyl (C=O) groups is 2. The molecular formula is C16H13N5O8. The number of primary amides is 1. The van der Waals surface area contributed by atoms with Crippen molar-refractivity contribution < 1.29 is 29.0 Å². The second-order valence-electron chi connectivity index (χ2n) is 5.39. The summed E-state index contributed by atoms with van der Waals surface area (Å²) >= 11 is 0. The summed E-state index contributed by atoms with van der Waals surface area (Å²) in [5.74, 6) is -1.72. The topological polar surface area (TPSA) is 203 Å². The molecule has 0 heterocycles. The Morgan fingerprint density at radius 2 is 1.48 bits per heavy atom. The summed E-state index contributed by atoms with van der Waals surface area (Å²) < 4.78 is 5.07. The molecular weight excluding hydrogens is 390 g/mol. The zero-order valence-electron chi connectivity index (χ0n) is 14.5. The molecule has 2 rings (SSSR count). The highest BCUT2D eigenvalue weighted by molar-refractivity contribution is 5.98. The molecule has 0 saturated heterocycles. The third kappa shape index (κ3) is 5.72. The lowest BCUT2D eigenvalue weighted by atomic mass is 10.2. The molecule has 0 bridgehead atoms. The van der Waals surface area contributed by atoms with Gasteiger partial charge in [-0.1, -0.05) is 5.16 Å². The molecule has 0 aliphatic rings. The monoisotopic (exact) mass is 403 g/mol. The fourth-order valence-electron chi connectivity index (χ4n) is 2.00.